The number of amides is 1. The maximum Gasteiger partial charge on any atom is 0.222 e. The van der Waals surface area contributed by atoms with Crippen LogP contribution in [0.5, 0.6) is 0 Å². The predicted molar refractivity (Wildman–Crippen MR) is 107 cm³/mol. The summed E-state index contributed by atoms with van der Waals surface area (Å²) in [5.41, 5.74) is 2.42. The van der Waals surface area contributed by atoms with Crippen LogP contribution in [-0.2, 0) is 11.3 Å². The van der Waals surface area contributed by atoms with Gasteiger partial charge < -0.3 is 16.0 Å². The molecule has 5 nitrogen and oxygen atoms in total. The lowest BCUT2D eigenvalue weighted by molar-refractivity contribution is -0.123. The van der Waals surface area contributed by atoms with E-state index >= 15 is 0 Å². The highest BCUT2D eigenvalue weighted by Gasteiger charge is 2.05. The van der Waals surface area contributed by atoms with Crippen LogP contribution in [0, 0.1) is 12.8 Å². The molecule has 1 amide bonds. The van der Waals surface area contributed by atoms with Crippen LogP contribution in [0.15, 0.2) is 29.3 Å². The van der Waals surface area contributed by atoms with Gasteiger partial charge in [0.25, 0.3) is 0 Å². The maximum absolute atomic E-state index is 11.5. The van der Waals surface area contributed by atoms with Gasteiger partial charge in [-0.3, -0.25) is 4.79 Å². The second kappa shape index (κ2) is 12.2. The maximum atomic E-state index is 11.5. The number of aryl methyl sites for hydroxylation is 1. The summed E-state index contributed by atoms with van der Waals surface area (Å²) in [6.45, 7) is 10.6. The van der Waals surface area contributed by atoms with Gasteiger partial charge in [0.05, 0.1) is 6.54 Å². The molecule has 1 rings (SSSR count). The van der Waals surface area contributed by atoms with Crippen molar-refractivity contribution in [2.24, 2.45) is 10.9 Å². The predicted octanol–water partition coefficient (Wildman–Crippen LogP) is 2.44. The van der Waals surface area contributed by atoms with Crippen LogP contribution in [0.4, 0.5) is 0 Å². The minimum Gasteiger partial charge on any atom is -0.357 e. The van der Waals surface area contributed by atoms with Crippen molar-refractivity contribution in [2.75, 3.05) is 19.6 Å². The number of halogens is 1. The number of guanidine groups is 1. The number of nitrogens with zero attached hydrogens (tertiary/aromatic N) is 1. The summed E-state index contributed by atoms with van der Waals surface area (Å²) in [6, 6.07) is 8.33. The SMILES string of the molecule is CCNC(=NCc1cccc(C)c1)NCCNC(=O)C(C)C.I. The van der Waals surface area contributed by atoms with E-state index in [2.05, 4.69) is 46.1 Å². The van der Waals surface area contributed by atoms with Crippen molar-refractivity contribution in [3.05, 3.63) is 35.4 Å². The molecular weight excluding hydrogens is 403 g/mol. The third-order valence-electron chi connectivity index (χ3n) is 3.09. The molecule has 0 atom stereocenters. The first kappa shape index (κ1) is 21.7. The second-order valence-corrected chi connectivity index (χ2v) is 5.56. The third-order valence-corrected chi connectivity index (χ3v) is 3.09. The Morgan fingerprint density at radius 1 is 1.17 bits per heavy atom. The minimum absolute atomic E-state index is 0. The van der Waals surface area contributed by atoms with E-state index in [1.54, 1.807) is 0 Å². The monoisotopic (exact) mass is 432 g/mol. The Kier molecular flexibility index (Phi) is 11.5. The smallest absolute Gasteiger partial charge is 0.222 e. The van der Waals surface area contributed by atoms with Crippen LogP contribution >= 0.6 is 24.0 Å². The van der Waals surface area contributed by atoms with Gasteiger partial charge in [-0.05, 0) is 19.4 Å². The molecule has 23 heavy (non-hydrogen) atoms. The quantitative estimate of drug-likeness (QED) is 0.269. The molecule has 0 aliphatic rings. The van der Waals surface area contributed by atoms with Crippen molar-refractivity contribution in [2.45, 2.75) is 34.2 Å². The first-order valence-electron chi connectivity index (χ1n) is 7.88. The molecule has 0 spiro atoms. The number of hydrogen-bond donors (Lipinski definition) is 3. The Morgan fingerprint density at radius 2 is 1.87 bits per heavy atom. The highest BCUT2D eigenvalue weighted by Crippen LogP contribution is 2.04. The molecule has 0 aromatic heterocycles. The first-order chi connectivity index (χ1) is 10.5. The molecule has 1 aromatic rings. The largest absolute Gasteiger partial charge is 0.357 e. The Hall–Kier alpha value is -1.31. The lowest BCUT2D eigenvalue weighted by Crippen LogP contribution is -2.42. The van der Waals surface area contributed by atoms with E-state index in [0.717, 1.165) is 12.5 Å². The van der Waals surface area contributed by atoms with Gasteiger partial charge in [-0.2, -0.15) is 0 Å². The molecule has 0 aliphatic carbocycles. The van der Waals surface area contributed by atoms with Crippen LogP contribution in [0.3, 0.4) is 0 Å². The number of benzene rings is 1. The standard InChI is InChI=1S/C17H28N4O.HI/c1-5-18-17(20-10-9-19-16(22)13(2)3)21-12-15-8-6-7-14(4)11-15;/h6-8,11,13H,5,9-10,12H2,1-4H3,(H,19,22)(H2,18,20,21);1H. The Labute approximate surface area is 156 Å². The summed E-state index contributed by atoms with van der Waals surface area (Å²) in [4.78, 5) is 16.0. The molecule has 3 N–H and O–H groups in total. The van der Waals surface area contributed by atoms with Crippen molar-refractivity contribution in [3.63, 3.8) is 0 Å². The summed E-state index contributed by atoms with van der Waals surface area (Å²) < 4.78 is 0. The number of hydrogen-bond acceptors (Lipinski definition) is 2. The van der Waals surface area contributed by atoms with Gasteiger partial charge in [0.1, 0.15) is 0 Å². The molecule has 6 heteroatoms. The lowest BCUT2D eigenvalue weighted by Gasteiger charge is -2.12. The average molecular weight is 432 g/mol. The summed E-state index contributed by atoms with van der Waals surface area (Å²) in [7, 11) is 0. The zero-order valence-electron chi connectivity index (χ0n) is 14.5. The molecule has 0 saturated carbocycles. The van der Waals surface area contributed by atoms with Gasteiger partial charge in [0, 0.05) is 25.6 Å². The van der Waals surface area contributed by atoms with Crippen LogP contribution in [0.25, 0.3) is 0 Å². The Morgan fingerprint density at radius 3 is 2.48 bits per heavy atom. The van der Waals surface area contributed by atoms with Gasteiger partial charge in [-0.1, -0.05) is 43.7 Å². The first-order valence-corrected chi connectivity index (χ1v) is 7.88. The van der Waals surface area contributed by atoms with Gasteiger partial charge in [0.2, 0.25) is 5.91 Å². The molecule has 0 fully saturated rings. The van der Waals surface area contributed by atoms with E-state index in [-0.39, 0.29) is 35.8 Å². The Balaban J connectivity index is 0.00000484. The fourth-order valence-electron chi connectivity index (χ4n) is 1.89. The molecule has 0 radical (unpaired) electrons. The number of carbonyl (C=O) groups excluding carboxylic acids is 1. The average Bonchev–Trinajstić information content (AvgIpc) is 2.48. The van der Waals surface area contributed by atoms with Crippen molar-refractivity contribution < 1.29 is 4.79 Å². The van der Waals surface area contributed by atoms with Crippen molar-refractivity contribution in [1.29, 1.82) is 0 Å². The molecule has 0 saturated heterocycles. The van der Waals surface area contributed by atoms with Crippen LogP contribution in [-0.4, -0.2) is 31.5 Å². The van der Waals surface area contributed by atoms with E-state index in [9.17, 15) is 4.79 Å². The van der Waals surface area contributed by atoms with E-state index in [1.165, 1.54) is 11.1 Å². The van der Waals surface area contributed by atoms with Gasteiger partial charge in [0.15, 0.2) is 5.96 Å². The summed E-state index contributed by atoms with van der Waals surface area (Å²) in [5.74, 6) is 0.856. The Bertz CT molecular complexity index is 503. The fourth-order valence-corrected chi connectivity index (χ4v) is 1.89. The van der Waals surface area contributed by atoms with Gasteiger partial charge in [-0.15, -0.1) is 24.0 Å². The summed E-state index contributed by atoms with van der Waals surface area (Å²) in [6.07, 6.45) is 0. The molecular formula is C17H29IN4O. The number of carbonyl (C=O) groups is 1. The van der Waals surface area contributed by atoms with Crippen molar-refractivity contribution in [3.8, 4) is 0 Å². The van der Waals surface area contributed by atoms with Gasteiger partial charge >= 0.3 is 0 Å². The highest BCUT2D eigenvalue weighted by atomic mass is 127. The molecule has 0 unspecified atom stereocenters. The molecule has 1 aromatic carbocycles. The second-order valence-electron chi connectivity index (χ2n) is 5.56. The van der Waals surface area contributed by atoms with E-state index in [1.807, 2.05) is 26.8 Å². The molecule has 0 heterocycles. The van der Waals surface area contributed by atoms with E-state index < -0.39 is 0 Å². The molecule has 0 aliphatic heterocycles. The number of nitrogens with one attached hydrogen (secondary N) is 3. The van der Waals surface area contributed by atoms with Crippen LogP contribution in [0.1, 0.15) is 31.9 Å². The fraction of sp³-hybridized carbons (Fsp3) is 0.529. The summed E-state index contributed by atoms with van der Waals surface area (Å²) in [5, 5.41) is 9.31. The topological polar surface area (TPSA) is 65.5 Å². The van der Waals surface area contributed by atoms with E-state index in [0.29, 0.717) is 19.6 Å². The summed E-state index contributed by atoms with van der Waals surface area (Å²) >= 11 is 0. The molecule has 130 valence electrons. The van der Waals surface area contributed by atoms with Crippen LogP contribution < -0.4 is 16.0 Å². The number of rotatable bonds is 7. The highest BCUT2D eigenvalue weighted by molar-refractivity contribution is 14.0. The zero-order chi connectivity index (χ0) is 16.4. The van der Waals surface area contributed by atoms with Gasteiger partial charge in [-0.25, -0.2) is 4.99 Å². The minimum atomic E-state index is 0. The van der Waals surface area contributed by atoms with Crippen molar-refractivity contribution in [1.82, 2.24) is 16.0 Å². The number of aliphatic imine (C=N–C) groups is 1. The third kappa shape index (κ3) is 9.43. The normalized spacial score (nSPS) is 10.9. The van der Waals surface area contributed by atoms with Crippen LogP contribution in [0.2, 0.25) is 0 Å². The van der Waals surface area contributed by atoms with E-state index in [4.69, 9.17) is 0 Å². The lowest BCUT2D eigenvalue weighted by atomic mass is 10.1. The molecule has 0 bridgehead atoms. The van der Waals surface area contributed by atoms with Crippen molar-refractivity contribution >= 4 is 35.8 Å². The zero-order valence-corrected chi connectivity index (χ0v) is 16.8.